The smallest absolute Gasteiger partial charge is 0.216 e. The summed E-state index contributed by atoms with van der Waals surface area (Å²) >= 11 is 0. The summed E-state index contributed by atoms with van der Waals surface area (Å²) in [6.07, 6.45) is 3.10. The topological polar surface area (TPSA) is 85.0 Å². The van der Waals surface area contributed by atoms with E-state index in [9.17, 15) is 13.7 Å². The molecule has 1 aromatic heterocycles. The van der Waals surface area contributed by atoms with Gasteiger partial charge in [-0.25, -0.2) is 13.1 Å². The van der Waals surface area contributed by atoms with Gasteiger partial charge in [0.1, 0.15) is 29.0 Å². The van der Waals surface area contributed by atoms with Gasteiger partial charge in [0.05, 0.1) is 10.6 Å². The zero-order chi connectivity index (χ0) is 26.4. The molecule has 0 N–H and O–H groups in total. The number of benzene rings is 4. The number of aromatic nitrogens is 2. The third kappa shape index (κ3) is 5.41. The van der Waals surface area contributed by atoms with Crippen molar-refractivity contribution in [2.45, 2.75) is 11.5 Å². The third-order valence-corrected chi connectivity index (χ3v) is 7.56. The molecule has 6 nitrogen and oxygen atoms in total. The molecule has 0 atom stereocenters. The highest BCUT2D eigenvalue weighted by Crippen LogP contribution is 2.29. The van der Waals surface area contributed by atoms with Crippen molar-refractivity contribution in [1.29, 1.82) is 5.26 Å². The number of allylic oxidation sites excluding steroid dienone is 1. The third-order valence-electron chi connectivity index (χ3n) is 5.88. The van der Waals surface area contributed by atoms with Crippen LogP contribution in [0.4, 0.5) is 0 Å². The Hall–Kier alpha value is -4.93. The fraction of sp³-hybridized carbons (Fsp3) is 0.0323. The molecule has 5 aromatic rings. The van der Waals surface area contributed by atoms with Crippen molar-refractivity contribution in [1.82, 2.24) is 9.78 Å². The van der Waals surface area contributed by atoms with Crippen molar-refractivity contribution in [2.24, 2.45) is 0 Å². The molecule has 38 heavy (non-hydrogen) atoms. The maximum atomic E-state index is 13.2. The standard InChI is InChI=1S/C31H23N3O3S/c32-21-30(38(35,36)29-14-8-3-9-15-29)20-26-22-34(27-12-6-2-7-13-27)33-31(26)25-16-18-28(19-17-25)37-23-24-10-4-1-5-11-24/h1-20,22H,23H2/b30-20-. The highest BCUT2D eigenvalue weighted by Gasteiger charge is 2.22. The van der Waals surface area contributed by atoms with Crippen LogP contribution in [-0.4, -0.2) is 18.2 Å². The van der Waals surface area contributed by atoms with Gasteiger partial charge in [-0.3, -0.25) is 0 Å². The molecule has 0 amide bonds. The van der Waals surface area contributed by atoms with Crippen LogP contribution >= 0.6 is 0 Å². The molecule has 0 spiro atoms. The van der Waals surface area contributed by atoms with Crippen molar-refractivity contribution in [3.05, 3.63) is 137 Å². The molecule has 0 aliphatic carbocycles. The van der Waals surface area contributed by atoms with E-state index in [1.807, 2.05) is 91.0 Å². The molecule has 186 valence electrons. The minimum atomic E-state index is -4.00. The predicted octanol–water partition coefficient (Wildman–Crippen LogP) is 6.46. The Morgan fingerprint density at radius 3 is 2.08 bits per heavy atom. The van der Waals surface area contributed by atoms with Crippen LogP contribution in [0.25, 0.3) is 23.0 Å². The van der Waals surface area contributed by atoms with Crippen LogP contribution in [0, 0.1) is 11.3 Å². The van der Waals surface area contributed by atoms with Crippen LogP contribution in [0.2, 0.25) is 0 Å². The van der Waals surface area contributed by atoms with Gasteiger partial charge in [-0.15, -0.1) is 0 Å². The maximum absolute atomic E-state index is 13.2. The Kier molecular flexibility index (Phi) is 7.16. The predicted molar refractivity (Wildman–Crippen MR) is 147 cm³/mol. The number of nitrogens with zero attached hydrogens (tertiary/aromatic N) is 3. The van der Waals surface area contributed by atoms with Gasteiger partial charge in [0.15, 0.2) is 0 Å². The zero-order valence-electron chi connectivity index (χ0n) is 20.3. The van der Waals surface area contributed by atoms with E-state index in [0.717, 1.165) is 16.8 Å². The van der Waals surface area contributed by atoms with E-state index in [0.29, 0.717) is 23.6 Å². The van der Waals surface area contributed by atoms with Crippen LogP contribution in [-0.2, 0) is 16.4 Å². The first-order chi connectivity index (χ1) is 18.5. The molecular formula is C31H23N3O3S. The van der Waals surface area contributed by atoms with Gasteiger partial charge in [0, 0.05) is 17.3 Å². The van der Waals surface area contributed by atoms with Gasteiger partial charge in [-0.1, -0.05) is 66.7 Å². The summed E-state index contributed by atoms with van der Waals surface area (Å²) < 4.78 is 34.0. The molecule has 5 rings (SSSR count). The van der Waals surface area contributed by atoms with Gasteiger partial charge >= 0.3 is 0 Å². The quantitative estimate of drug-likeness (QED) is 0.221. The second-order valence-electron chi connectivity index (χ2n) is 8.45. The Balaban J connectivity index is 1.52. The van der Waals surface area contributed by atoms with E-state index >= 15 is 0 Å². The van der Waals surface area contributed by atoms with Crippen LogP contribution in [0.3, 0.4) is 0 Å². The number of sulfone groups is 1. The summed E-state index contributed by atoms with van der Waals surface area (Å²) in [5.41, 5.74) is 3.67. The van der Waals surface area contributed by atoms with Gasteiger partial charge in [-0.2, -0.15) is 10.4 Å². The highest BCUT2D eigenvalue weighted by molar-refractivity contribution is 7.95. The number of para-hydroxylation sites is 1. The molecule has 0 bridgehead atoms. The van der Waals surface area contributed by atoms with Crippen LogP contribution in [0.1, 0.15) is 11.1 Å². The van der Waals surface area contributed by atoms with E-state index in [4.69, 9.17) is 9.84 Å². The van der Waals surface area contributed by atoms with E-state index in [2.05, 4.69) is 0 Å². The molecule has 0 aliphatic rings. The monoisotopic (exact) mass is 517 g/mol. The van der Waals surface area contributed by atoms with Crippen molar-refractivity contribution in [2.75, 3.05) is 0 Å². The first-order valence-corrected chi connectivity index (χ1v) is 13.4. The normalized spacial score (nSPS) is 11.6. The summed E-state index contributed by atoms with van der Waals surface area (Å²) in [5, 5.41) is 14.6. The lowest BCUT2D eigenvalue weighted by Crippen LogP contribution is -2.03. The summed E-state index contributed by atoms with van der Waals surface area (Å²) in [5.74, 6) is 0.696. The molecular weight excluding hydrogens is 494 g/mol. The van der Waals surface area contributed by atoms with E-state index in [1.54, 1.807) is 29.1 Å². The van der Waals surface area contributed by atoms with Crippen LogP contribution in [0.5, 0.6) is 5.75 Å². The molecule has 1 heterocycles. The first-order valence-electron chi connectivity index (χ1n) is 11.9. The number of ether oxygens (including phenoxy) is 1. The molecule has 0 saturated heterocycles. The summed E-state index contributed by atoms with van der Waals surface area (Å²) in [7, 11) is -4.00. The largest absolute Gasteiger partial charge is 0.489 e. The summed E-state index contributed by atoms with van der Waals surface area (Å²) in [6, 6.07) is 36.6. The van der Waals surface area contributed by atoms with Crippen molar-refractivity contribution in [3.63, 3.8) is 0 Å². The Labute approximate surface area is 221 Å². The molecule has 0 fully saturated rings. The van der Waals surface area contributed by atoms with Gasteiger partial charge in [0.2, 0.25) is 9.84 Å². The van der Waals surface area contributed by atoms with Crippen molar-refractivity contribution >= 4 is 15.9 Å². The lowest BCUT2D eigenvalue weighted by atomic mass is 10.1. The fourth-order valence-electron chi connectivity index (χ4n) is 3.92. The molecule has 0 aliphatic heterocycles. The van der Waals surface area contributed by atoms with E-state index in [-0.39, 0.29) is 9.80 Å². The summed E-state index contributed by atoms with van der Waals surface area (Å²) in [4.78, 5) is -0.301. The van der Waals surface area contributed by atoms with E-state index in [1.165, 1.54) is 18.2 Å². The number of nitriles is 1. The Morgan fingerprint density at radius 2 is 1.45 bits per heavy atom. The first kappa shape index (κ1) is 24.8. The van der Waals surface area contributed by atoms with Gasteiger partial charge in [-0.05, 0) is 60.2 Å². The van der Waals surface area contributed by atoms with Gasteiger partial charge < -0.3 is 4.74 Å². The second-order valence-corrected chi connectivity index (χ2v) is 10.4. The van der Waals surface area contributed by atoms with Crippen LogP contribution < -0.4 is 4.74 Å². The molecule has 0 unspecified atom stereocenters. The number of rotatable bonds is 8. The number of hydrogen-bond donors (Lipinski definition) is 0. The lowest BCUT2D eigenvalue weighted by molar-refractivity contribution is 0.306. The fourth-order valence-corrected chi connectivity index (χ4v) is 5.09. The average Bonchev–Trinajstić information content (AvgIpc) is 3.40. The zero-order valence-corrected chi connectivity index (χ0v) is 21.1. The Bertz CT molecular complexity index is 1700. The van der Waals surface area contributed by atoms with E-state index < -0.39 is 9.84 Å². The molecule has 4 aromatic carbocycles. The van der Waals surface area contributed by atoms with Crippen molar-refractivity contribution in [3.8, 4) is 28.8 Å². The molecule has 0 saturated carbocycles. The Morgan fingerprint density at radius 1 is 0.842 bits per heavy atom. The summed E-state index contributed by atoms with van der Waals surface area (Å²) in [6.45, 7) is 0.444. The van der Waals surface area contributed by atoms with Crippen molar-refractivity contribution < 1.29 is 13.2 Å². The minimum absolute atomic E-state index is 0.0599. The second kappa shape index (κ2) is 11.0. The maximum Gasteiger partial charge on any atom is 0.216 e. The highest BCUT2D eigenvalue weighted by atomic mass is 32.2. The average molecular weight is 518 g/mol. The molecule has 7 heteroatoms. The number of hydrogen-bond acceptors (Lipinski definition) is 5. The van der Waals surface area contributed by atoms with Gasteiger partial charge in [0.25, 0.3) is 0 Å². The van der Waals surface area contributed by atoms with Crippen LogP contribution in [0.15, 0.2) is 131 Å². The molecule has 0 radical (unpaired) electrons. The minimum Gasteiger partial charge on any atom is -0.489 e. The SMILES string of the molecule is N#C/C(=C/c1cn(-c2ccccc2)nc1-c1ccc(OCc2ccccc2)cc1)S(=O)(=O)c1ccccc1. The lowest BCUT2D eigenvalue weighted by Gasteiger charge is -2.07.